The van der Waals surface area contributed by atoms with Crippen LogP contribution in [0.4, 0.5) is 4.39 Å². The van der Waals surface area contributed by atoms with E-state index in [2.05, 4.69) is 16.7 Å². The molecule has 124 valence electrons. The van der Waals surface area contributed by atoms with Crippen LogP contribution in [0.3, 0.4) is 0 Å². The average molecular weight is 344 g/mol. The highest BCUT2D eigenvalue weighted by Crippen LogP contribution is 2.26. The molecule has 3 aromatic rings. The smallest absolute Gasteiger partial charge is 0.218 e. The Hall–Kier alpha value is -2.18. The Balaban J connectivity index is 1.60. The summed E-state index contributed by atoms with van der Waals surface area (Å²) in [5.41, 5.74) is 2.75. The highest BCUT2D eigenvalue weighted by atomic mass is 32.2. The first-order chi connectivity index (χ1) is 11.5. The monoisotopic (exact) mass is 344 g/mol. The molecule has 0 amide bonds. The van der Waals surface area contributed by atoms with Crippen LogP contribution in [0.25, 0.3) is 10.9 Å². The standard InChI is InChI=1S/C18H17FN2O2S/c19-16-7-5-14(6-8-16)13-24(22,23)20-9-10-21-17(12-20)11-15-3-1-2-4-18(15)21/h1-8,11H,9-10,12-13H2. The van der Waals surface area contributed by atoms with Crippen LogP contribution in [-0.4, -0.2) is 23.8 Å². The summed E-state index contributed by atoms with van der Waals surface area (Å²) < 4.78 is 42.1. The number of para-hydroxylation sites is 1. The minimum atomic E-state index is -3.43. The molecule has 0 unspecified atom stereocenters. The highest BCUT2D eigenvalue weighted by molar-refractivity contribution is 7.88. The molecule has 24 heavy (non-hydrogen) atoms. The van der Waals surface area contributed by atoms with E-state index in [4.69, 9.17) is 0 Å². The van der Waals surface area contributed by atoms with Crippen molar-refractivity contribution < 1.29 is 12.8 Å². The van der Waals surface area contributed by atoms with Crippen LogP contribution in [0.1, 0.15) is 11.3 Å². The first-order valence-corrected chi connectivity index (χ1v) is 9.43. The predicted octanol–water partition coefficient (Wildman–Crippen LogP) is 3.13. The van der Waals surface area contributed by atoms with E-state index in [0.717, 1.165) is 16.6 Å². The molecule has 0 bridgehead atoms. The molecule has 0 N–H and O–H groups in total. The van der Waals surface area contributed by atoms with Crippen molar-refractivity contribution in [2.75, 3.05) is 6.54 Å². The summed E-state index contributed by atoms with van der Waals surface area (Å²) in [5, 5.41) is 1.13. The van der Waals surface area contributed by atoms with E-state index >= 15 is 0 Å². The predicted molar refractivity (Wildman–Crippen MR) is 91.4 cm³/mol. The lowest BCUT2D eigenvalue weighted by Crippen LogP contribution is -2.38. The van der Waals surface area contributed by atoms with Gasteiger partial charge in [0.2, 0.25) is 10.0 Å². The van der Waals surface area contributed by atoms with Gasteiger partial charge in [0, 0.05) is 24.3 Å². The van der Waals surface area contributed by atoms with Gasteiger partial charge in [0.15, 0.2) is 0 Å². The number of halogens is 1. The normalized spacial score (nSPS) is 15.5. The van der Waals surface area contributed by atoms with Crippen molar-refractivity contribution in [3.63, 3.8) is 0 Å². The lowest BCUT2D eigenvalue weighted by molar-refractivity contribution is 0.345. The first kappa shape index (κ1) is 15.4. The van der Waals surface area contributed by atoms with Crippen LogP contribution >= 0.6 is 0 Å². The number of rotatable bonds is 3. The molecule has 0 fully saturated rings. The molecule has 0 aliphatic carbocycles. The van der Waals surface area contributed by atoms with Gasteiger partial charge >= 0.3 is 0 Å². The summed E-state index contributed by atoms with van der Waals surface area (Å²) in [4.78, 5) is 0. The molecule has 1 aliphatic rings. The van der Waals surface area contributed by atoms with Crippen LogP contribution < -0.4 is 0 Å². The topological polar surface area (TPSA) is 42.3 Å². The summed E-state index contributed by atoms with van der Waals surface area (Å²) in [5.74, 6) is -0.466. The first-order valence-electron chi connectivity index (χ1n) is 7.82. The van der Waals surface area contributed by atoms with Crippen LogP contribution in [-0.2, 0) is 28.9 Å². The van der Waals surface area contributed by atoms with Gasteiger partial charge in [-0.05, 0) is 35.2 Å². The van der Waals surface area contributed by atoms with Crippen molar-refractivity contribution in [1.29, 1.82) is 0 Å². The van der Waals surface area contributed by atoms with Crippen LogP contribution in [0.15, 0.2) is 54.6 Å². The molecule has 4 rings (SSSR count). The quantitative estimate of drug-likeness (QED) is 0.733. The third-order valence-electron chi connectivity index (χ3n) is 4.46. The highest BCUT2D eigenvalue weighted by Gasteiger charge is 2.27. The molecule has 1 aliphatic heterocycles. The molecule has 0 spiro atoms. The van der Waals surface area contributed by atoms with E-state index in [1.807, 2.05) is 18.2 Å². The third kappa shape index (κ3) is 2.72. The molecule has 2 heterocycles. The Morgan fingerprint density at radius 3 is 2.54 bits per heavy atom. The molecule has 0 saturated carbocycles. The number of nitrogens with zero attached hydrogens (tertiary/aromatic N) is 2. The Bertz CT molecular complexity index is 994. The van der Waals surface area contributed by atoms with Crippen LogP contribution in [0.5, 0.6) is 0 Å². The summed E-state index contributed by atoms with van der Waals surface area (Å²) in [7, 11) is -3.43. The van der Waals surface area contributed by atoms with E-state index < -0.39 is 10.0 Å². The van der Waals surface area contributed by atoms with Gasteiger partial charge in [-0.15, -0.1) is 0 Å². The molecular formula is C18H17FN2O2S. The number of hydrogen-bond donors (Lipinski definition) is 0. The second-order valence-corrected chi connectivity index (χ2v) is 8.03. The van der Waals surface area contributed by atoms with E-state index in [9.17, 15) is 12.8 Å². The van der Waals surface area contributed by atoms with Crippen molar-refractivity contribution >= 4 is 20.9 Å². The van der Waals surface area contributed by atoms with E-state index in [-0.39, 0.29) is 11.6 Å². The van der Waals surface area contributed by atoms with Gasteiger partial charge in [-0.3, -0.25) is 0 Å². The molecule has 0 radical (unpaired) electrons. The zero-order valence-corrected chi connectivity index (χ0v) is 13.8. The lowest BCUT2D eigenvalue weighted by Gasteiger charge is -2.28. The minimum Gasteiger partial charge on any atom is -0.342 e. The van der Waals surface area contributed by atoms with Gasteiger partial charge in [-0.2, -0.15) is 4.31 Å². The number of sulfonamides is 1. The maximum absolute atomic E-state index is 13.0. The molecule has 2 aromatic carbocycles. The Labute approximate surface area is 140 Å². The van der Waals surface area contributed by atoms with Crippen molar-refractivity contribution in [1.82, 2.24) is 8.87 Å². The molecule has 6 heteroatoms. The zero-order chi connectivity index (χ0) is 16.7. The summed E-state index contributed by atoms with van der Waals surface area (Å²) in [6.45, 7) is 1.47. The molecule has 1 aromatic heterocycles. The Morgan fingerprint density at radius 1 is 1.00 bits per heavy atom. The molecule has 4 nitrogen and oxygen atoms in total. The molecular weight excluding hydrogens is 327 g/mol. The number of fused-ring (bicyclic) bond motifs is 3. The van der Waals surface area contributed by atoms with Crippen molar-refractivity contribution in [3.05, 3.63) is 71.7 Å². The Morgan fingerprint density at radius 2 is 1.75 bits per heavy atom. The van der Waals surface area contributed by atoms with Gasteiger partial charge in [-0.1, -0.05) is 30.3 Å². The number of benzene rings is 2. The van der Waals surface area contributed by atoms with Crippen LogP contribution in [0, 0.1) is 5.82 Å². The van der Waals surface area contributed by atoms with E-state index in [0.29, 0.717) is 25.2 Å². The van der Waals surface area contributed by atoms with Crippen LogP contribution in [0.2, 0.25) is 0 Å². The zero-order valence-electron chi connectivity index (χ0n) is 13.0. The Kier molecular flexibility index (Phi) is 3.66. The largest absolute Gasteiger partial charge is 0.342 e. The molecule has 0 saturated heterocycles. The van der Waals surface area contributed by atoms with Gasteiger partial charge in [0.05, 0.1) is 12.3 Å². The lowest BCUT2D eigenvalue weighted by atomic mass is 10.2. The minimum absolute atomic E-state index is 0.104. The van der Waals surface area contributed by atoms with Crippen molar-refractivity contribution in [2.45, 2.75) is 18.8 Å². The van der Waals surface area contributed by atoms with Crippen molar-refractivity contribution in [3.8, 4) is 0 Å². The summed E-state index contributed by atoms with van der Waals surface area (Å²) >= 11 is 0. The van der Waals surface area contributed by atoms with Gasteiger partial charge in [-0.25, -0.2) is 12.8 Å². The molecule has 0 atom stereocenters. The fraction of sp³-hybridized carbons (Fsp3) is 0.222. The number of hydrogen-bond acceptors (Lipinski definition) is 2. The average Bonchev–Trinajstić information content (AvgIpc) is 2.94. The van der Waals surface area contributed by atoms with E-state index in [1.54, 1.807) is 0 Å². The van der Waals surface area contributed by atoms with Gasteiger partial charge in [0.25, 0.3) is 0 Å². The van der Waals surface area contributed by atoms with Gasteiger partial charge in [0.1, 0.15) is 5.82 Å². The number of aromatic nitrogens is 1. The fourth-order valence-electron chi connectivity index (χ4n) is 3.25. The summed E-state index contributed by atoms with van der Waals surface area (Å²) in [6, 6.07) is 15.7. The second kappa shape index (κ2) is 5.72. The maximum atomic E-state index is 13.0. The van der Waals surface area contributed by atoms with E-state index in [1.165, 1.54) is 28.6 Å². The third-order valence-corrected chi connectivity index (χ3v) is 6.26. The summed E-state index contributed by atoms with van der Waals surface area (Å²) in [6.07, 6.45) is 0. The van der Waals surface area contributed by atoms with Crippen molar-refractivity contribution in [2.24, 2.45) is 0 Å². The maximum Gasteiger partial charge on any atom is 0.218 e. The second-order valence-electron chi connectivity index (χ2n) is 6.06. The fourth-order valence-corrected chi connectivity index (χ4v) is 4.74. The van der Waals surface area contributed by atoms with Gasteiger partial charge < -0.3 is 4.57 Å². The SMILES string of the molecule is O=S(=O)(Cc1ccc(F)cc1)N1CCn2c(cc3ccccc32)C1.